The van der Waals surface area contributed by atoms with E-state index in [1.54, 1.807) is 0 Å². The van der Waals surface area contributed by atoms with Crippen molar-refractivity contribution in [2.75, 3.05) is 6.54 Å². The number of rotatable bonds is 9. The molecule has 0 aliphatic carbocycles. The first kappa shape index (κ1) is 15.5. The summed E-state index contributed by atoms with van der Waals surface area (Å²) >= 11 is 5.89. The van der Waals surface area contributed by atoms with Crippen molar-refractivity contribution >= 4 is 11.6 Å². The highest BCUT2D eigenvalue weighted by molar-refractivity contribution is 6.30. The van der Waals surface area contributed by atoms with Crippen LogP contribution in [-0.4, -0.2) is 6.54 Å². The number of unbranched alkanes of at least 4 members (excludes halogenated alkanes) is 4. The molecular formula is C16H26ClN. The van der Waals surface area contributed by atoms with E-state index in [9.17, 15) is 0 Å². The Hall–Kier alpha value is -0.530. The molecule has 0 saturated carbocycles. The molecule has 18 heavy (non-hydrogen) atoms. The first-order valence-electron chi connectivity index (χ1n) is 7.20. The quantitative estimate of drug-likeness (QED) is 0.638. The van der Waals surface area contributed by atoms with Gasteiger partial charge in [0.15, 0.2) is 0 Å². The molecule has 0 aliphatic heterocycles. The first-order valence-corrected chi connectivity index (χ1v) is 7.58. The lowest BCUT2D eigenvalue weighted by Gasteiger charge is -2.14. The lowest BCUT2D eigenvalue weighted by atomic mass is 9.93. The summed E-state index contributed by atoms with van der Waals surface area (Å²) in [5.41, 5.74) is 7.22. The van der Waals surface area contributed by atoms with Gasteiger partial charge in [-0.25, -0.2) is 0 Å². The number of benzene rings is 1. The molecule has 0 amide bonds. The average Bonchev–Trinajstić information content (AvgIpc) is 2.39. The van der Waals surface area contributed by atoms with Crippen molar-refractivity contribution in [1.29, 1.82) is 0 Å². The summed E-state index contributed by atoms with van der Waals surface area (Å²) in [5.74, 6) is 0.618. The average molecular weight is 268 g/mol. The second kappa shape index (κ2) is 9.41. The molecule has 1 aromatic carbocycles. The van der Waals surface area contributed by atoms with Crippen LogP contribution in [0.25, 0.3) is 0 Å². The maximum atomic E-state index is 5.89. The molecule has 0 bridgehead atoms. The zero-order chi connectivity index (χ0) is 13.2. The normalized spacial score (nSPS) is 12.6. The Morgan fingerprint density at radius 2 is 1.72 bits per heavy atom. The largest absolute Gasteiger partial charge is 0.330 e. The van der Waals surface area contributed by atoms with Crippen LogP contribution in [0.4, 0.5) is 0 Å². The molecule has 0 spiro atoms. The molecule has 0 radical (unpaired) electrons. The molecule has 0 heterocycles. The first-order chi connectivity index (χ1) is 8.76. The molecule has 1 nitrogen and oxygen atoms in total. The van der Waals surface area contributed by atoms with Gasteiger partial charge in [0.05, 0.1) is 0 Å². The molecule has 1 aromatic rings. The Labute approximate surface area is 117 Å². The van der Waals surface area contributed by atoms with Crippen molar-refractivity contribution in [2.24, 2.45) is 11.7 Å². The van der Waals surface area contributed by atoms with Crippen molar-refractivity contribution in [3.63, 3.8) is 0 Å². The van der Waals surface area contributed by atoms with Crippen LogP contribution in [0.3, 0.4) is 0 Å². The Morgan fingerprint density at radius 3 is 2.33 bits per heavy atom. The number of nitrogens with two attached hydrogens (primary N) is 1. The van der Waals surface area contributed by atoms with E-state index in [-0.39, 0.29) is 0 Å². The van der Waals surface area contributed by atoms with Gasteiger partial charge in [0.25, 0.3) is 0 Å². The van der Waals surface area contributed by atoms with E-state index in [4.69, 9.17) is 17.3 Å². The monoisotopic (exact) mass is 267 g/mol. The van der Waals surface area contributed by atoms with Crippen LogP contribution in [0.5, 0.6) is 0 Å². The summed E-state index contributed by atoms with van der Waals surface area (Å²) in [6, 6.07) is 8.15. The van der Waals surface area contributed by atoms with Gasteiger partial charge in [-0.3, -0.25) is 0 Å². The van der Waals surface area contributed by atoms with Crippen LogP contribution < -0.4 is 5.73 Å². The fraction of sp³-hybridized carbons (Fsp3) is 0.625. The summed E-state index contributed by atoms with van der Waals surface area (Å²) in [5, 5.41) is 0.808. The van der Waals surface area contributed by atoms with E-state index in [0.29, 0.717) is 5.92 Å². The summed E-state index contributed by atoms with van der Waals surface area (Å²) in [6.07, 6.45) is 9.05. The second-order valence-corrected chi connectivity index (χ2v) is 5.57. The van der Waals surface area contributed by atoms with E-state index in [1.807, 2.05) is 12.1 Å². The van der Waals surface area contributed by atoms with Crippen LogP contribution in [0.15, 0.2) is 24.3 Å². The van der Waals surface area contributed by atoms with Gasteiger partial charge in [0.1, 0.15) is 0 Å². The van der Waals surface area contributed by atoms with Gasteiger partial charge < -0.3 is 5.73 Å². The predicted octanol–water partition coefficient (Wildman–Crippen LogP) is 4.82. The topological polar surface area (TPSA) is 26.0 Å². The van der Waals surface area contributed by atoms with Gasteiger partial charge in [-0.2, -0.15) is 0 Å². The van der Waals surface area contributed by atoms with Crippen LogP contribution >= 0.6 is 11.6 Å². The maximum Gasteiger partial charge on any atom is 0.0406 e. The number of hydrogen-bond acceptors (Lipinski definition) is 1. The Bertz CT molecular complexity index is 307. The predicted molar refractivity (Wildman–Crippen MR) is 81.1 cm³/mol. The molecule has 102 valence electrons. The van der Waals surface area contributed by atoms with Crippen LogP contribution in [0.2, 0.25) is 5.02 Å². The molecule has 2 heteroatoms. The smallest absolute Gasteiger partial charge is 0.0406 e. The van der Waals surface area contributed by atoms with Crippen molar-refractivity contribution in [3.8, 4) is 0 Å². The molecule has 1 rings (SSSR count). The van der Waals surface area contributed by atoms with Gasteiger partial charge in [-0.05, 0) is 43.0 Å². The molecule has 2 N–H and O–H groups in total. The van der Waals surface area contributed by atoms with Gasteiger partial charge in [0.2, 0.25) is 0 Å². The summed E-state index contributed by atoms with van der Waals surface area (Å²) in [4.78, 5) is 0. The lowest BCUT2D eigenvalue weighted by molar-refractivity contribution is 0.458. The lowest BCUT2D eigenvalue weighted by Crippen LogP contribution is -2.16. The molecule has 0 aliphatic rings. The van der Waals surface area contributed by atoms with Crippen molar-refractivity contribution < 1.29 is 0 Å². The highest BCUT2D eigenvalue weighted by Gasteiger charge is 2.07. The standard InChI is InChI=1S/C16H26ClN/c1-2-3-4-5-6-7-15(13-18)12-14-8-10-16(17)11-9-14/h8-11,15H,2-7,12-13,18H2,1H3. The van der Waals surface area contributed by atoms with Gasteiger partial charge in [-0.1, -0.05) is 62.8 Å². The SMILES string of the molecule is CCCCCCCC(CN)Cc1ccc(Cl)cc1. The molecule has 1 unspecified atom stereocenters. The van der Waals surface area contributed by atoms with Gasteiger partial charge >= 0.3 is 0 Å². The number of halogens is 1. The third kappa shape index (κ3) is 6.42. The van der Waals surface area contributed by atoms with Gasteiger partial charge in [0, 0.05) is 5.02 Å². The Balaban J connectivity index is 2.26. The molecule has 0 fully saturated rings. The van der Waals surface area contributed by atoms with E-state index in [0.717, 1.165) is 18.0 Å². The van der Waals surface area contributed by atoms with Crippen molar-refractivity contribution in [1.82, 2.24) is 0 Å². The Kier molecular flexibility index (Phi) is 8.11. The maximum absolute atomic E-state index is 5.89. The summed E-state index contributed by atoms with van der Waals surface area (Å²) in [6.45, 7) is 3.04. The minimum atomic E-state index is 0.618. The molecule has 0 saturated heterocycles. The van der Waals surface area contributed by atoms with Crippen LogP contribution in [0, 0.1) is 5.92 Å². The zero-order valence-corrected chi connectivity index (χ0v) is 12.3. The Morgan fingerprint density at radius 1 is 1.06 bits per heavy atom. The van der Waals surface area contributed by atoms with Crippen molar-refractivity contribution in [2.45, 2.75) is 51.9 Å². The van der Waals surface area contributed by atoms with E-state index in [1.165, 1.54) is 44.1 Å². The highest BCUT2D eigenvalue weighted by Crippen LogP contribution is 2.17. The third-order valence-electron chi connectivity index (χ3n) is 3.49. The van der Waals surface area contributed by atoms with Crippen LogP contribution in [0.1, 0.15) is 51.0 Å². The zero-order valence-electron chi connectivity index (χ0n) is 11.5. The molecular weight excluding hydrogens is 242 g/mol. The van der Waals surface area contributed by atoms with Crippen molar-refractivity contribution in [3.05, 3.63) is 34.9 Å². The number of hydrogen-bond donors (Lipinski definition) is 1. The minimum absolute atomic E-state index is 0.618. The summed E-state index contributed by atoms with van der Waals surface area (Å²) < 4.78 is 0. The molecule has 1 atom stereocenters. The minimum Gasteiger partial charge on any atom is -0.330 e. The van der Waals surface area contributed by atoms with E-state index < -0.39 is 0 Å². The van der Waals surface area contributed by atoms with Crippen LogP contribution in [-0.2, 0) is 6.42 Å². The second-order valence-electron chi connectivity index (χ2n) is 5.14. The fourth-order valence-corrected chi connectivity index (χ4v) is 2.42. The summed E-state index contributed by atoms with van der Waals surface area (Å²) in [7, 11) is 0. The molecule has 0 aromatic heterocycles. The van der Waals surface area contributed by atoms with E-state index in [2.05, 4.69) is 19.1 Å². The highest BCUT2D eigenvalue weighted by atomic mass is 35.5. The van der Waals surface area contributed by atoms with Gasteiger partial charge in [-0.15, -0.1) is 0 Å². The van der Waals surface area contributed by atoms with E-state index >= 15 is 0 Å². The fourth-order valence-electron chi connectivity index (χ4n) is 2.29. The third-order valence-corrected chi connectivity index (χ3v) is 3.74.